The number of rotatable bonds is 6. The number of nitrogens with one attached hydrogen (secondary N) is 1. The molecule has 2 heterocycles. The number of benzene rings is 3. The molecule has 0 bridgehead atoms. The second-order valence-corrected chi connectivity index (χ2v) is 11.4. The SMILES string of the molecule is CC(C)(C)NC(=O)N1CCc2c(-c3cccc(OC(F)(F)F)c3)ccc(C(=O)CCc3nccc4ccccc34)c2C1. The van der Waals surface area contributed by atoms with Gasteiger partial charge in [0, 0.05) is 47.9 Å². The van der Waals surface area contributed by atoms with Gasteiger partial charge in [-0.15, -0.1) is 13.2 Å². The number of aromatic nitrogens is 1. The van der Waals surface area contributed by atoms with Crippen molar-refractivity contribution in [2.75, 3.05) is 6.54 Å². The molecule has 0 fully saturated rings. The maximum Gasteiger partial charge on any atom is 0.573 e. The largest absolute Gasteiger partial charge is 0.573 e. The molecule has 1 aromatic heterocycles. The number of pyridine rings is 1. The van der Waals surface area contributed by atoms with E-state index in [0.29, 0.717) is 41.6 Å². The first-order valence-corrected chi connectivity index (χ1v) is 13.8. The molecule has 0 spiro atoms. The van der Waals surface area contributed by atoms with Gasteiger partial charge in [-0.25, -0.2) is 4.79 Å². The van der Waals surface area contributed by atoms with Crippen LogP contribution in [0.3, 0.4) is 0 Å². The van der Waals surface area contributed by atoms with Crippen LogP contribution in [0, 0.1) is 0 Å². The molecular formula is C33H32F3N3O3. The first-order valence-electron chi connectivity index (χ1n) is 13.8. The molecule has 218 valence electrons. The molecule has 0 unspecified atom stereocenters. The minimum atomic E-state index is -4.81. The zero-order valence-electron chi connectivity index (χ0n) is 23.7. The molecule has 9 heteroatoms. The lowest BCUT2D eigenvalue weighted by molar-refractivity contribution is -0.274. The Morgan fingerprint density at radius 3 is 2.52 bits per heavy atom. The second kappa shape index (κ2) is 11.5. The number of hydrogen-bond donors (Lipinski definition) is 1. The highest BCUT2D eigenvalue weighted by Crippen LogP contribution is 2.36. The fraction of sp³-hybridized carbons (Fsp3) is 0.303. The van der Waals surface area contributed by atoms with Crippen molar-refractivity contribution < 1.29 is 27.5 Å². The molecule has 2 amide bonds. The number of carbonyl (C=O) groups excluding carboxylic acids is 2. The van der Waals surface area contributed by atoms with E-state index in [4.69, 9.17) is 0 Å². The Bertz CT molecular complexity index is 1640. The van der Waals surface area contributed by atoms with Gasteiger partial charge in [0.05, 0.1) is 0 Å². The van der Waals surface area contributed by atoms with Gasteiger partial charge in [0.25, 0.3) is 0 Å². The summed E-state index contributed by atoms with van der Waals surface area (Å²) in [6.45, 7) is 6.29. The van der Waals surface area contributed by atoms with E-state index in [-0.39, 0.29) is 30.5 Å². The maximum absolute atomic E-state index is 13.7. The standard InChI is InChI=1S/C33H32F3N3O3/c1-32(2,3)38-31(41)39-18-16-26-24(22-8-6-9-23(19-22)42-33(34,35)36)11-12-27(28(26)20-39)30(40)14-13-29-25-10-5-4-7-21(25)15-17-37-29/h4-12,15,17,19H,13-14,16,18,20H2,1-3H3,(H,38,41). The smallest absolute Gasteiger partial charge is 0.406 e. The molecule has 4 aromatic rings. The average Bonchev–Trinajstić information content (AvgIpc) is 2.93. The van der Waals surface area contributed by atoms with Crippen LogP contribution in [0.25, 0.3) is 21.9 Å². The lowest BCUT2D eigenvalue weighted by Gasteiger charge is -2.34. The molecule has 6 nitrogen and oxygen atoms in total. The Morgan fingerprint density at radius 1 is 0.976 bits per heavy atom. The number of nitrogens with zero attached hydrogens (tertiary/aromatic N) is 2. The van der Waals surface area contributed by atoms with Gasteiger partial charge in [-0.2, -0.15) is 0 Å². The van der Waals surface area contributed by atoms with E-state index in [9.17, 15) is 22.8 Å². The van der Waals surface area contributed by atoms with Crippen molar-refractivity contribution in [1.29, 1.82) is 0 Å². The molecule has 42 heavy (non-hydrogen) atoms. The van der Waals surface area contributed by atoms with Gasteiger partial charge in [-0.3, -0.25) is 9.78 Å². The van der Waals surface area contributed by atoms with E-state index in [1.807, 2.05) is 51.1 Å². The lowest BCUT2D eigenvalue weighted by atomic mass is 9.85. The molecule has 0 saturated heterocycles. The van der Waals surface area contributed by atoms with Crippen LogP contribution < -0.4 is 10.1 Å². The van der Waals surface area contributed by atoms with E-state index in [2.05, 4.69) is 15.0 Å². The minimum absolute atomic E-state index is 0.0835. The van der Waals surface area contributed by atoms with Gasteiger partial charge in [-0.05, 0) is 79.5 Å². The Kier molecular flexibility index (Phi) is 7.95. The zero-order chi connectivity index (χ0) is 30.1. The molecule has 0 aliphatic carbocycles. The summed E-state index contributed by atoms with van der Waals surface area (Å²) in [6, 6.07) is 18.9. The van der Waals surface area contributed by atoms with Gasteiger partial charge in [0.1, 0.15) is 5.75 Å². The molecule has 3 aromatic carbocycles. The Balaban J connectivity index is 1.49. The van der Waals surface area contributed by atoms with Crippen molar-refractivity contribution in [2.45, 2.75) is 58.5 Å². The van der Waals surface area contributed by atoms with E-state index < -0.39 is 11.9 Å². The molecule has 0 saturated carbocycles. The zero-order valence-corrected chi connectivity index (χ0v) is 23.7. The highest BCUT2D eigenvalue weighted by molar-refractivity contribution is 5.99. The van der Waals surface area contributed by atoms with Crippen LogP contribution in [-0.2, 0) is 19.4 Å². The molecule has 1 aliphatic heterocycles. The van der Waals surface area contributed by atoms with Gasteiger partial charge in [0.2, 0.25) is 0 Å². The van der Waals surface area contributed by atoms with E-state index in [1.54, 1.807) is 29.3 Å². The molecular weight excluding hydrogens is 543 g/mol. The van der Waals surface area contributed by atoms with Crippen LogP contribution in [0.2, 0.25) is 0 Å². The number of Topliss-reactive ketones (excluding diaryl/α,β-unsaturated/α-hetero) is 1. The number of aryl methyl sites for hydroxylation is 1. The molecule has 0 radical (unpaired) electrons. The number of hydrogen-bond acceptors (Lipinski definition) is 4. The predicted octanol–water partition coefficient (Wildman–Crippen LogP) is 7.48. The average molecular weight is 576 g/mol. The Labute approximate surface area is 242 Å². The molecule has 0 atom stereocenters. The fourth-order valence-corrected chi connectivity index (χ4v) is 5.39. The third-order valence-electron chi connectivity index (χ3n) is 7.21. The summed E-state index contributed by atoms with van der Waals surface area (Å²) in [5.74, 6) is -0.404. The van der Waals surface area contributed by atoms with Crippen molar-refractivity contribution in [3.8, 4) is 16.9 Å². The van der Waals surface area contributed by atoms with Crippen LogP contribution in [-0.4, -0.2) is 40.1 Å². The van der Waals surface area contributed by atoms with Crippen molar-refractivity contribution in [3.63, 3.8) is 0 Å². The molecule has 1 N–H and O–H groups in total. The van der Waals surface area contributed by atoms with Crippen LogP contribution in [0.1, 0.15) is 54.4 Å². The third kappa shape index (κ3) is 6.73. The second-order valence-electron chi connectivity index (χ2n) is 11.4. The topological polar surface area (TPSA) is 71.5 Å². The summed E-state index contributed by atoms with van der Waals surface area (Å²) in [4.78, 5) is 33.0. The number of halogens is 3. The number of alkyl halides is 3. The van der Waals surface area contributed by atoms with Crippen molar-refractivity contribution in [1.82, 2.24) is 15.2 Å². The quantitative estimate of drug-likeness (QED) is 0.242. The van der Waals surface area contributed by atoms with E-state index in [1.165, 1.54) is 18.2 Å². The highest BCUT2D eigenvalue weighted by Gasteiger charge is 2.32. The van der Waals surface area contributed by atoms with Crippen LogP contribution in [0.15, 0.2) is 72.9 Å². The number of amides is 2. The summed E-state index contributed by atoms with van der Waals surface area (Å²) >= 11 is 0. The summed E-state index contributed by atoms with van der Waals surface area (Å²) in [6.07, 6.45) is -1.97. The first-order chi connectivity index (χ1) is 19.9. The predicted molar refractivity (Wildman–Crippen MR) is 155 cm³/mol. The molecule has 5 rings (SSSR count). The highest BCUT2D eigenvalue weighted by atomic mass is 19.4. The summed E-state index contributed by atoms with van der Waals surface area (Å²) < 4.78 is 42.8. The minimum Gasteiger partial charge on any atom is -0.406 e. The third-order valence-corrected chi connectivity index (χ3v) is 7.21. The van der Waals surface area contributed by atoms with E-state index >= 15 is 0 Å². The van der Waals surface area contributed by atoms with Gasteiger partial charge < -0.3 is 15.0 Å². The maximum atomic E-state index is 13.7. The van der Waals surface area contributed by atoms with Gasteiger partial charge >= 0.3 is 12.4 Å². The summed E-state index contributed by atoms with van der Waals surface area (Å²) in [7, 11) is 0. The van der Waals surface area contributed by atoms with Crippen molar-refractivity contribution in [3.05, 3.63) is 95.3 Å². The van der Waals surface area contributed by atoms with Gasteiger partial charge in [-0.1, -0.05) is 48.5 Å². The molecule has 1 aliphatic rings. The van der Waals surface area contributed by atoms with E-state index in [0.717, 1.165) is 22.0 Å². The first kappa shape index (κ1) is 29.1. The Hall–Kier alpha value is -4.40. The van der Waals surface area contributed by atoms with Crippen LogP contribution >= 0.6 is 0 Å². The van der Waals surface area contributed by atoms with Crippen LogP contribution in [0.4, 0.5) is 18.0 Å². The van der Waals surface area contributed by atoms with Gasteiger partial charge in [0.15, 0.2) is 5.78 Å². The summed E-state index contributed by atoms with van der Waals surface area (Å²) in [5, 5.41) is 5.02. The number of ether oxygens (including phenoxy) is 1. The van der Waals surface area contributed by atoms with Crippen LogP contribution in [0.5, 0.6) is 5.75 Å². The monoisotopic (exact) mass is 575 g/mol. The fourth-order valence-electron chi connectivity index (χ4n) is 5.39. The number of urea groups is 1. The number of ketones is 1. The van der Waals surface area contributed by atoms with Crippen molar-refractivity contribution in [2.24, 2.45) is 0 Å². The number of carbonyl (C=O) groups is 2. The Morgan fingerprint density at radius 2 is 1.76 bits per heavy atom. The summed E-state index contributed by atoms with van der Waals surface area (Å²) in [5.41, 5.74) is 3.70. The normalized spacial score (nSPS) is 13.5. The number of fused-ring (bicyclic) bond motifs is 2. The van der Waals surface area contributed by atoms with Crippen molar-refractivity contribution >= 4 is 22.6 Å². The lowest BCUT2D eigenvalue weighted by Crippen LogP contribution is -2.50.